The monoisotopic (exact) mass is 572 g/mol. The Morgan fingerprint density at radius 2 is 1.41 bits per heavy atom. The van der Waals surface area contributed by atoms with Gasteiger partial charge < -0.3 is 20.5 Å². The molecule has 0 aliphatic heterocycles. The van der Waals surface area contributed by atoms with Gasteiger partial charge in [0.2, 0.25) is 5.91 Å². The van der Waals surface area contributed by atoms with Crippen molar-refractivity contribution in [2.45, 2.75) is 107 Å². The van der Waals surface area contributed by atoms with Crippen molar-refractivity contribution in [3.8, 4) is 0 Å². The van der Waals surface area contributed by atoms with E-state index in [1.165, 1.54) is 16.7 Å². The molecular formula is C34H56N2O5. The van der Waals surface area contributed by atoms with Crippen molar-refractivity contribution in [2.75, 3.05) is 13.1 Å². The largest absolute Gasteiger partial charge is 0.483 e. The molecule has 1 aliphatic carbocycles. The highest BCUT2D eigenvalue weighted by Crippen LogP contribution is 2.25. The highest BCUT2D eigenvalue weighted by Gasteiger charge is 2.20. The second-order valence-corrected chi connectivity index (χ2v) is 8.80. The van der Waals surface area contributed by atoms with E-state index in [1.54, 1.807) is 0 Å². The SMILES string of the molecule is CC.CC.CC.CC1=C(C)CC=C(C(=O)NCCCCC(C(=O)NCC=O)c2ccc(C(C)C)cc2)C=C1.O=CO. The molecule has 3 N–H and O–H groups in total. The quantitative estimate of drug-likeness (QED) is 0.188. The highest BCUT2D eigenvalue weighted by molar-refractivity contribution is 5.96. The number of hydrogen-bond donors (Lipinski definition) is 3. The lowest BCUT2D eigenvalue weighted by molar-refractivity contribution is -0.124. The minimum atomic E-state index is -0.309. The molecule has 7 nitrogen and oxygen atoms in total. The number of unbranched alkanes of at least 4 members (excludes halogenated alkanes) is 1. The molecule has 232 valence electrons. The van der Waals surface area contributed by atoms with Crippen molar-refractivity contribution in [2.24, 2.45) is 0 Å². The Bertz CT molecular complexity index is 944. The van der Waals surface area contributed by atoms with E-state index < -0.39 is 0 Å². The summed E-state index contributed by atoms with van der Waals surface area (Å²) in [5, 5.41) is 12.6. The molecule has 2 rings (SSSR count). The standard InChI is InChI=1S/C27H36N2O3.3C2H6.CH2O2/c1-19(2)22-12-14-23(15-13-22)25(27(32)29-17-18-30)7-5-6-16-28-26(31)24-10-8-20(3)21(4)9-11-24;3*1-2;2-1-3/h8,10-15,18-19,25H,5-7,9,16-17H2,1-4H3,(H,28,31)(H,29,32);3*1-2H3;1H,(H,2,3). The number of carbonyl (C=O) groups excluding carboxylic acids is 3. The fraction of sp³-hybridized carbons (Fsp3) is 0.529. The highest BCUT2D eigenvalue weighted by atomic mass is 16.3. The van der Waals surface area contributed by atoms with Crippen LogP contribution in [-0.4, -0.2) is 42.8 Å². The first-order valence-corrected chi connectivity index (χ1v) is 15.0. The number of amides is 2. The Morgan fingerprint density at radius 3 is 1.93 bits per heavy atom. The van der Waals surface area contributed by atoms with E-state index in [2.05, 4.69) is 50.5 Å². The summed E-state index contributed by atoms with van der Waals surface area (Å²) in [6.07, 6.45) is 9.53. The van der Waals surface area contributed by atoms with Gasteiger partial charge in [-0.3, -0.25) is 14.4 Å². The zero-order valence-electron chi connectivity index (χ0n) is 27.2. The van der Waals surface area contributed by atoms with Gasteiger partial charge in [0.05, 0.1) is 12.5 Å². The first-order chi connectivity index (χ1) is 19.7. The van der Waals surface area contributed by atoms with E-state index in [4.69, 9.17) is 9.90 Å². The third-order valence-electron chi connectivity index (χ3n) is 5.96. The zero-order valence-corrected chi connectivity index (χ0v) is 27.2. The smallest absolute Gasteiger partial charge is 0.290 e. The van der Waals surface area contributed by atoms with Crippen LogP contribution in [0.2, 0.25) is 0 Å². The van der Waals surface area contributed by atoms with Crippen LogP contribution in [0.25, 0.3) is 0 Å². The van der Waals surface area contributed by atoms with Gasteiger partial charge in [0.25, 0.3) is 12.4 Å². The molecule has 0 spiro atoms. The van der Waals surface area contributed by atoms with Crippen molar-refractivity contribution < 1.29 is 24.3 Å². The van der Waals surface area contributed by atoms with E-state index in [9.17, 15) is 14.4 Å². The van der Waals surface area contributed by atoms with Crippen LogP contribution < -0.4 is 10.6 Å². The molecule has 0 bridgehead atoms. The maximum Gasteiger partial charge on any atom is 0.290 e. The molecule has 1 aromatic rings. The van der Waals surface area contributed by atoms with Crippen LogP contribution in [0.15, 0.2) is 59.2 Å². The van der Waals surface area contributed by atoms with Gasteiger partial charge in [0, 0.05) is 12.1 Å². The predicted molar refractivity (Wildman–Crippen MR) is 172 cm³/mol. The summed E-state index contributed by atoms with van der Waals surface area (Å²) in [5.74, 6) is -0.0767. The molecule has 0 heterocycles. The second-order valence-electron chi connectivity index (χ2n) is 8.80. The van der Waals surface area contributed by atoms with Crippen LogP contribution in [0.4, 0.5) is 0 Å². The van der Waals surface area contributed by atoms with Crippen molar-refractivity contribution in [3.63, 3.8) is 0 Å². The molecule has 2 amide bonds. The summed E-state index contributed by atoms with van der Waals surface area (Å²) in [6, 6.07) is 8.13. The van der Waals surface area contributed by atoms with Crippen molar-refractivity contribution >= 4 is 24.6 Å². The fourth-order valence-corrected chi connectivity index (χ4v) is 3.62. The van der Waals surface area contributed by atoms with Gasteiger partial charge in [-0.1, -0.05) is 109 Å². The molecule has 1 aliphatic rings. The fourth-order valence-electron chi connectivity index (χ4n) is 3.62. The summed E-state index contributed by atoms with van der Waals surface area (Å²) in [7, 11) is 0. The van der Waals surface area contributed by atoms with Gasteiger partial charge in [-0.15, -0.1) is 0 Å². The molecule has 0 aromatic heterocycles. The summed E-state index contributed by atoms with van der Waals surface area (Å²) in [6.45, 7) is 20.7. The van der Waals surface area contributed by atoms with Crippen LogP contribution in [-0.2, 0) is 19.2 Å². The van der Waals surface area contributed by atoms with Gasteiger partial charge in [0.1, 0.15) is 6.29 Å². The maximum absolute atomic E-state index is 12.6. The third kappa shape index (κ3) is 18.5. The second kappa shape index (κ2) is 28.1. The number of benzene rings is 1. The van der Waals surface area contributed by atoms with Gasteiger partial charge in [0.15, 0.2) is 0 Å². The number of carboxylic acid groups (broad SMARTS) is 1. The molecule has 1 aromatic carbocycles. The van der Waals surface area contributed by atoms with E-state index >= 15 is 0 Å². The number of hydrogen-bond acceptors (Lipinski definition) is 4. The van der Waals surface area contributed by atoms with Gasteiger partial charge in [-0.05, 0) is 56.2 Å². The van der Waals surface area contributed by atoms with Gasteiger partial charge >= 0.3 is 0 Å². The zero-order chi connectivity index (χ0) is 32.2. The number of carbonyl (C=O) groups is 4. The molecule has 0 radical (unpaired) electrons. The Morgan fingerprint density at radius 1 is 0.878 bits per heavy atom. The third-order valence-corrected chi connectivity index (χ3v) is 5.96. The molecule has 7 heteroatoms. The average Bonchev–Trinajstić information content (AvgIpc) is 3.17. The van der Waals surface area contributed by atoms with E-state index in [0.29, 0.717) is 30.7 Å². The van der Waals surface area contributed by atoms with Crippen molar-refractivity contribution in [3.05, 3.63) is 70.3 Å². The minimum absolute atomic E-state index is 0.0197. The molecule has 0 saturated carbocycles. The van der Waals surface area contributed by atoms with Gasteiger partial charge in [-0.25, -0.2) is 0 Å². The Hall–Kier alpha value is -3.48. The lowest BCUT2D eigenvalue weighted by atomic mass is 9.90. The number of aldehydes is 1. The van der Waals surface area contributed by atoms with E-state index in [0.717, 1.165) is 24.8 Å². The maximum atomic E-state index is 12.6. The van der Waals surface area contributed by atoms with Crippen LogP contribution in [0.1, 0.15) is 118 Å². The number of rotatable bonds is 11. The first kappa shape index (κ1) is 42.0. The van der Waals surface area contributed by atoms with E-state index in [-0.39, 0.29) is 30.7 Å². The first-order valence-electron chi connectivity index (χ1n) is 15.0. The minimum Gasteiger partial charge on any atom is -0.483 e. The number of allylic oxidation sites excluding steroid dienone is 4. The van der Waals surface area contributed by atoms with Crippen LogP contribution in [0.3, 0.4) is 0 Å². The Balaban J connectivity index is -0.00000144. The molecule has 41 heavy (non-hydrogen) atoms. The van der Waals surface area contributed by atoms with Gasteiger partial charge in [-0.2, -0.15) is 0 Å². The van der Waals surface area contributed by atoms with Crippen LogP contribution in [0, 0.1) is 0 Å². The summed E-state index contributed by atoms with van der Waals surface area (Å²) in [4.78, 5) is 44.1. The normalized spacial score (nSPS) is 12.1. The van der Waals surface area contributed by atoms with E-state index in [1.807, 2.05) is 71.9 Å². The van der Waals surface area contributed by atoms with Crippen molar-refractivity contribution in [1.29, 1.82) is 0 Å². The summed E-state index contributed by atoms with van der Waals surface area (Å²) in [5.41, 5.74) is 5.34. The molecular weight excluding hydrogens is 516 g/mol. The molecule has 1 atom stereocenters. The summed E-state index contributed by atoms with van der Waals surface area (Å²) >= 11 is 0. The predicted octanol–water partition coefficient (Wildman–Crippen LogP) is 7.50. The lowest BCUT2D eigenvalue weighted by Crippen LogP contribution is -2.31. The number of nitrogens with one attached hydrogen (secondary N) is 2. The lowest BCUT2D eigenvalue weighted by Gasteiger charge is -2.18. The Kier molecular flexibility index (Phi) is 28.7. The summed E-state index contributed by atoms with van der Waals surface area (Å²) < 4.78 is 0. The van der Waals surface area contributed by atoms with Crippen LogP contribution >= 0.6 is 0 Å². The molecule has 0 saturated heterocycles. The topological polar surface area (TPSA) is 113 Å². The average molecular weight is 573 g/mol. The molecule has 0 fully saturated rings. The molecule has 1 unspecified atom stereocenters. The Labute approximate surface area is 249 Å². The van der Waals surface area contributed by atoms with Crippen LogP contribution in [0.5, 0.6) is 0 Å². The van der Waals surface area contributed by atoms with Crippen molar-refractivity contribution in [1.82, 2.24) is 10.6 Å².